The summed E-state index contributed by atoms with van der Waals surface area (Å²) < 4.78 is 0. The van der Waals surface area contributed by atoms with E-state index >= 15 is 0 Å². The number of benzene rings is 1. The van der Waals surface area contributed by atoms with Gasteiger partial charge in [-0.05, 0) is 76.3 Å². The summed E-state index contributed by atoms with van der Waals surface area (Å²) in [6.45, 7) is 26.0. The van der Waals surface area contributed by atoms with Gasteiger partial charge in [-0.1, -0.05) is 60.7 Å². The van der Waals surface area contributed by atoms with Crippen LogP contribution in [0.2, 0.25) is 0 Å². The molecule has 0 heterocycles. The third kappa shape index (κ3) is 4.60. The lowest BCUT2D eigenvalue weighted by atomic mass is 9.75. The van der Waals surface area contributed by atoms with Crippen LogP contribution in [0, 0.1) is 6.92 Å². The lowest BCUT2D eigenvalue weighted by Crippen LogP contribution is -2.17. The molecule has 0 aliphatic rings. The van der Waals surface area contributed by atoms with Crippen molar-refractivity contribution in [1.29, 1.82) is 0 Å². The number of carbonyl (C=O) groups excluding carboxylic acids is 1. The van der Waals surface area contributed by atoms with Gasteiger partial charge >= 0.3 is 0 Å². The minimum atomic E-state index is -0.148. The molecule has 1 nitrogen and oxygen atoms in total. The number of Topliss-reactive ketones (excluding diaryl/α,β-unsaturated/α-hetero) is 1. The molecular weight excluding hydrogens is 316 g/mol. The monoisotopic (exact) mass is 348 g/mol. The average Bonchev–Trinajstić information content (AvgIpc) is 2.52. The van der Waals surface area contributed by atoms with Crippen molar-refractivity contribution in [2.24, 2.45) is 0 Å². The summed E-state index contributed by atoms with van der Waals surface area (Å²) >= 11 is 0. The summed E-state index contributed by atoms with van der Waals surface area (Å²) in [5.74, 6) is -0.0546. The molecule has 0 fully saturated rings. The van der Waals surface area contributed by atoms with Crippen molar-refractivity contribution >= 4 is 11.9 Å². The topological polar surface area (TPSA) is 17.1 Å². The molecule has 0 saturated heterocycles. The second kappa shape index (κ2) is 8.80. The highest BCUT2D eigenvalue weighted by atomic mass is 16.1. The predicted octanol–water partition coefficient (Wildman–Crippen LogP) is 7.12. The second-order valence-corrected chi connectivity index (χ2v) is 7.32. The minimum absolute atomic E-state index is 0.0930. The van der Waals surface area contributed by atoms with Crippen LogP contribution in [0.1, 0.15) is 64.2 Å². The van der Waals surface area contributed by atoms with Crippen LogP contribution >= 0.6 is 0 Å². The van der Waals surface area contributed by atoms with E-state index in [2.05, 4.69) is 51.8 Å². The highest BCUT2D eigenvalue weighted by Crippen LogP contribution is 2.41. The molecule has 138 valence electrons. The first-order valence-corrected chi connectivity index (χ1v) is 8.96. The standard InChI is InChI=1S/C25H32O/c1-11-21-12-13-22(18(8)14-21)25(24(17(6)7)20(10)26)23(16(4)5)19(9)15(2)3/h11-14,25H,1-2,4H2,3,5-10H3/b23-19+. The van der Waals surface area contributed by atoms with Crippen LogP contribution in [-0.4, -0.2) is 5.78 Å². The van der Waals surface area contributed by atoms with E-state index in [-0.39, 0.29) is 11.7 Å². The molecule has 1 aromatic carbocycles. The Kier molecular flexibility index (Phi) is 7.32. The first-order chi connectivity index (χ1) is 12.0. The molecule has 0 bridgehead atoms. The van der Waals surface area contributed by atoms with Crippen molar-refractivity contribution in [3.8, 4) is 0 Å². The van der Waals surface area contributed by atoms with E-state index in [1.807, 2.05) is 33.8 Å². The van der Waals surface area contributed by atoms with Crippen LogP contribution in [0.5, 0.6) is 0 Å². The molecule has 1 heteroatoms. The number of ketones is 1. The van der Waals surface area contributed by atoms with Gasteiger partial charge in [0.05, 0.1) is 0 Å². The minimum Gasteiger partial charge on any atom is -0.295 e. The van der Waals surface area contributed by atoms with Crippen molar-refractivity contribution in [3.63, 3.8) is 0 Å². The summed E-state index contributed by atoms with van der Waals surface area (Å²) in [7, 11) is 0. The van der Waals surface area contributed by atoms with Crippen LogP contribution in [-0.2, 0) is 4.79 Å². The van der Waals surface area contributed by atoms with E-state index in [9.17, 15) is 4.79 Å². The number of rotatable bonds is 7. The molecular formula is C25H32O. The Bertz CT molecular complexity index is 824. The van der Waals surface area contributed by atoms with Crippen molar-refractivity contribution < 1.29 is 4.79 Å². The predicted molar refractivity (Wildman–Crippen MR) is 115 cm³/mol. The van der Waals surface area contributed by atoms with E-state index in [0.29, 0.717) is 0 Å². The summed E-state index contributed by atoms with van der Waals surface area (Å²) in [5.41, 5.74) is 9.33. The maximum atomic E-state index is 12.6. The summed E-state index contributed by atoms with van der Waals surface area (Å²) in [5, 5.41) is 0. The molecule has 0 aliphatic carbocycles. The Morgan fingerprint density at radius 3 is 1.88 bits per heavy atom. The molecule has 26 heavy (non-hydrogen) atoms. The summed E-state index contributed by atoms with van der Waals surface area (Å²) in [4.78, 5) is 12.6. The Labute approximate surface area is 159 Å². The average molecular weight is 349 g/mol. The Hall–Kier alpha value is -2.41. The molecule has 1 rings (SSSR count). The van der Waals surface area contributed by atoms with Crippen molar-refractivity contribution in [2.75, 3.05) is 0 Å². The normalized spacial score (nSPS) is 12.7. The fraction of sp³-hybridized carbons (Fsp3) is 0.320. The summed E-state index contributed by atoms with van der Waals surface area (Å²) in [6.07, 6.45) is 1.84. The molecule has 1 unspecified atom stereocenters. The van der Waals surface area contributed by atoms with Gasteiger partial charge in [-0.2, -0.15) is 0 Å². The number of hydrogen-bond acceptors (Lipinski definition) is 1. The van der Waals surface area contributed by atoms with E-state index in [4.69, 9.17) is 0 Å². The SMILES string of the molecule is C=Cc1ccc(C(C(C(C)=O)=C(C)C)/C(C(=C)C)=C(\C)C(=C)C)c(C)c1. The van der Waals surface area contributed by atoms with Gasteiger partial charge in [-0.3, -0.25) is 4.79 Å². The molecule has 0 aliphatic heterocycles. The third-order valence-electron chi connectivity index (χ3n) is 4.84. The fourth-order valence-corrected chi connectivity index (χ4v) is 3.46. The fourth-order valence-electron chi connectivity index (χ4n) is 3.46. The van der Waals surface area contributed by atoms with Gasteiger partial charge in [-0.25, -0.2) is 0 Å². The summed E-state index contributed by atoms with van der Waals surface area (Å²) in [6, 6.07) is 6.28. The van der Waals surface area contributed by atoms with E-state index in [1.54, 1.807) is 6.92 Å². The van der Waals surface area contributed by atoms with Crippen LogP contribution < -0.4 is 0 Å². The largest absolute Gasteiger partial charge is 0.295 e. The number of allylic oxidation sites excluding steroid dienone is 6. The molecule has 0 amide bonds. The quantitative estimate of drug-likeness (QED) is 0.379. The van der Waals surface area contributed by atoms with E-state index < -0.39 is 0 Å². The van der Waals surface area contributed by atoms with Crippen molar-refractivity contribution in [2.45, 2.75) is 54.4 Å². The van der Waals surface area contributed by atoms with Crippen LogP contribution in [0.3, 0.4) is 0 Å². The molecule has 1 atom stereocenters. The van der Waals surface area contributed by atoms with Gasteiger partial charge in [0.15, 0.2) is 5.78 Å². The zero-order chi connectivity index (χ0) is 20.2. The number of aryl methyl sites for hydroxylation is 1. The first kappa shape index (κ1) is 21.6. The van der Waals surface area contributed by atoms with E-state index in [0.717, 1.165) is 50.1 Å². The third-order valence-corrected chi connectivity index (χ3v) is 4.84. The Morgan fingerprint density at radius 1 is 0.962 bits per heavy atom. The number of hydrogen-bond donors (Lipinski definition) is 0. The van der Waals surface area contributed by atoms with E-state index in [1.165, 1.54) is 0 Å². The molecule has 0 aromatic heterocycles. The van der Waals surface area contributed by atoms with Gasteiger partial charge in [0.1, 0.15) is 0 Å². The van der Waals surface area contributed by atoms with Gasteiger partial charge in [-0.15, -0.1) is 0 Å². The van der Waals surface area contributed by atoms with Gasteiger partial charge < -0.3 is 0 Å². The molecule has 1 aromatic rings. The number of carbonyl (C=O) groups is 1. The first-order valence-electron chi connectivity index (χ1n) is 8.96. The van der Waals surface area contributed by atoms with Crippen LogP contribution in [0.4, 0.5) is 0 Å². The van der Waals surface area contributed by atoms with Crippen LogP contribution in [0.25, 0.3) is 6.08 Å². The van der Waals surface area contributed by atoms with Crippen molar-refractivity contribution in [3.05, 3.63) is 88.1 Å². The highest BCUT2D eigenvalue weighted by Gasteiger charge is 2.28. The Balaban J connectivity index is 3.97. The zero-order valence-electron chi connectivity index (χ0n) is 17.4. The van der Waals surface area contributed by atoms with Gasteiger partial charge in [0.2, 0.25) is 0 Å². The zero-order valence-corrected chi connectivity index (χ0v) is 17.4. The molecule has 0 saturated carbocycles. The van der Waals surface area contributed by atoms with Crippen LogP contribution in [0.15, 0.2) is 71.4 Å². The second-order valence-electron chi connectivity index (χ2n) is 7.32. The maximum absolute atomic E-state index is 12.6. The van der Waals surface area contributed by atoms with Gasteiger partial charge in [0, 0.05) is 11.5 Å². The lowest BCUT2D eigenvalue weighted by Gasteiger charge is -2.28. The lowest BCUT2D eigenvalue weighted by molar-refractivity contribution is -0.113. The van der Waals surface area contributed by atoms with Crippen molar-refractivity contribution in [1.82, 2.24) is 0 Å². The smallest absolute Gasteiger partial charge is 0.156 e. The van der Waals surface area contributed by atoms with Gasteiger partial charge in [0.25, 0.3) is 0 Å². The Morgan fingerprint density at radius 2 is 1.54 bits per heavy atom. The molecule has 0 N–H and O–H groups in total. The molecule has 0 spiro atoms. The maximum Gasteiger partial charge on any atom is 0.156 e. The molecule has 0 radical (unpaired) electrons. The highest BCUT2D eigenvalue weighted by molar-refractivity contribution is 5.96.